The van der Waals surface area contributed by atoms with Crippen LogP contribution < -0.4 is 13.6 Å². The summed E-state index contributed by atoms with van der Waals surface area (Å²) in [6.07, 6.45) is 7.80. The molecule has 1 aromatic rings. The van der Waals surface area contributed by atoms with E-state index in [4.69, 9.17) is 0 Å². The van der Waals surface area contributed by atoms with E-state index in [-0.39, 0.29) is 0 Å². The Hall–Kier alpha value is -0.281. The van der Waals surface area contributed by atoms with E-state index in [0.717, 1.165) is 34.1 Å². The molecule has 0 aliphatic rings. The average molecular weight is 579 g/mol. The van der Waals surface area contributed by atoms with Gasteiger partial charge in [0.1, 0.15) is 0 Å². The number of unbranched alkanes of at least 4 members (excludes halogenated alkanes) is 3. The van der Waals surface area contributed by atoms with Gasteiger partial charge in [-0.05, 0) is 0 Å². The van der Waals surface area contributed by atoms with Gasteiger partial charge in [-0.3, -0.25) is 0 Å². The molecular formula is C23H44N2O3S2Sn. The van der Waals surface area contributed by atoms with E-state index in [0.29, 0.717) is 16.7 Å². The van der Waals surface area contributed by atoms with Crippen molar-refractivity contribution in [1.82, 2.24) is 10.0 Å². The van der Waals surface area contributed by atoms with Gasteiger partial charge in [-0.25, -0.2) is 0 Å². The molecule has 1 aromatic heterocycles. The molecule has 0 spiro atoms. The van der Waals surface area contributed by atoms with Gasteiger partial charge in [-0.15, -0.1) is 0 Å². The zero-order chi connectivity index (χ0) is 23.5. The maximum atomic E-state index is 13.4. The van der Waals surface area contributed by atoms with E-state index in [9.17, 15) is 13.2 Å². The molecule has 1 rings (SSSR count). The zero-order valence-electron chi connectivity index (χ0n) is 20.5. The SMILES string of the molecule is CCC[CH2][Sn]([CH2]CCC)([CH2]CCC)[c]1cc(CC(C)C)sc1S(=O)(=O)NC(=O)NCC. The van der Waals surface area contributed by atoms with Gasteiger partial charge >= 0.3 is 200 Å². The molecule has 5 nitrogen and oxygen atoms in total. The van der Waals surface area contributed by atoms with Crippen molar-refractivity contribution in [2.45, 2.75) is 104 Å². The van der Waals surface area contributed by atoms with Gasteiger partial charge in [0.05, 0.1) is 0 Å². The van der Waals surface area contributed by atoms with Gasteiger partial charge in [-0.2, -0.15) is 0 Å². The summed E-state index contributed by atoms with van der Waals surface area (Å²) >= 11 is -1.59. The van der Waals surface area contributed by atoms with Crippen molar-refractivity contribution < 1.29 is 13.2 Å². The van der Waals surface area contributed by atoms with Crippen molar-refractivity contribution in [3.05, 3.63) is 10.9 Å². The summed E-state index contributed by atoms with van der Waals surface area (Å²) in [6, 6.07) is 1.61. The molecular weight excluding hydrogens is 535 g/mol. The molecule has 31 heavy (non-hydrogen) atoms. The molecule has 0 radical (unpaired) electrons. The molecule has 0 aliphatic carbocycles. The summed E-state index contributed by atoms with van der Waals surface area (Å²) in [5.41, 5.74) is 0. The third kappa shape index (κ3) is 8.88. The van der Waals surface area contributed by atoms with E-state index in [1.165, 1.54) is 43.9 Å². The number of amides is 2. The zero-order valence-corrected chi connectivity index (χ0v) is 25.0. The Morgan fingerprint density at radius 3 is 1.94 bits per heavy atom. The van der Waals surface area contributed by atoms with Crippen molar-refractivity contribution in [2.24, 2.45) is 5.92 Å². The Labute approximate surface area is 199 Å². The third-order valence-electron chi connectivity index (χ3n) is 5.76. The molecule has 0 unspecified atom stereocenters. The second-order valence-corrected chi connectivity index (χ2v) is 25.2. The fourth-order valence-electron chi connectivity index (χ4n) is 4.19. The van der Waals surface area contributed by atoms with E-state index < -0.39 is 34.4 Å². The molecule has 180 valence electrons. The van der Waals surface area contributed by atoms with Gasteiger partial charge in [0.15, 0.2) is 0 Å². The summed E-state index contributed by atoms with van der Waals surface area (Å²) in [6.45, 7) is 13.2. The fraction of sp³-hybridized carbons (Fsp3) is 0.783. The number of nitrogens with one attached hydrogen (secondary N) is 2. The fourth-order valence-corrected chi connectivity index (χ4v) is 27.5. The van der Waals surface area contributed by atoms with E-state index in [1.54, 1.807) is 6.92 Å². The normalized spacial score (nSPS) is 12.4. The Balaban J connectivity index is 3.61. The monoisotopic (exact) mass is 580 g/mol. The standard InChI is InChI=1S/C11H17N2O3S2.3C4H9.Sn/c1-4-12-11(14)13-18(15,16)10-6-5-9(17-10)7-8(2)3;3*1-3-4-2;/h5,8H,4,7H2,1-3H3,(H2,12,13,14);3*1,3-4H2,2H3;. The van der Waals surface area contributed by atoms with Crippen LogP contribution in [0.2, 0.25) is 13.3 Å². The van der Waals surface area contributed by atoms with Crippen molar-refractivity contribution in [2.75, 3.05) is 6.54 Å². The van der Waals surface area contributed by atoms with Crippen LogP contribution in [0.4, 0.5) is 4.79 Å². The van der Waals surface area contributed by atoms with Crippen LogP contribution in [0.3, 0.4) is 0 Å². The van der Waals surface area contributed by atoms with Gasteiger partial charge in [-0.1, -0.05) is 0 Å². The second kappa shape index (κ2) is 14.1. The molecule has 0 atom stereocenters. The molecule has 0 saturated heterocycles. The van der Waals surface area contributed by atoms with Crippen molar-refractivity contribution in [3.8, 4) is 0 Å². The second-order valence-electron chi connectivity index (χ2n) is 9.07. The summed E-state index contributed by atoms with van der Waals surface area (Å²) in [4.78, 5) is 13.3. The van der Waals surface area contributed by atoms with Crippen LogP contribution in [0.15, 0.2) is 10.3 Å². The van der Waals surface area contributed by atoms with Crippen molar-refractivity contribution in [3.63, 3.8) is 0 Å². The van der Waals surface area contributed by atoms with E-state index >= 15 is 0 Å². The number of carbonyl (C=O) groups excluding carboxylic acids is 1. The molecule has 0 fully saturated rings. The molecule has 2 N–H and O–H groups in total. The third-order valence-corrected chi connectivity index (χ3v) is 25.4. The number of hydrogen-bond acceptors (Lipinski definition) is 4. The number of urea groups is 1. The quantitative estimate of drug-likeness (QED) is 0.250. The van der Waals surface area contributed by atoms with Crippen LogP contribution in [0.1, 0.15) is 84.9 Å². The Kier molecular flexibility index (Phi) is 13.1. The first-order valence-electron chi connectivity index (χ1n) is 12.1. The first-order valence-corrected chi connectivity index (χ1v) is 21.9. The molecule has 0 bridgehead atoms. The van der Waals surface area contributed by atoms with Gasteiger partial charge in [0, 0.05) is 0 Å². The first kappa shape index (κ1) is 28.8. The Morgan fingerprint density at radius 2 is 1.52 bits per heavy atom. The first-order chi connectivity index (χ1) is 14.7. The summed E-state index contributed by atoms with van der Waals surface area (Å²) < 4.78 is 34.2. The minimum atomic E-state index is -3.88. The van der Waals surface area contributed by atoms with Crippen molar-refractivity contribution >= 4 is 49.3 Å². The summed E-state index contributed by atoms with van der Waals surface area (Å²) in [7, 11) is -3.88. The molecule has 1 heterocycles. The number of hydrogen-bond donors (Lipinski definition) is 2. The molecule has 0 saturated carbocycles. The summed E-state index contributed by atoms with van der Waals surface area (Å²) in [5, 5.41) is 2.56. The van der Waals surface area contributed by atoms with Crippen LogP contribution in [0.25, 0.3) is 0 Å². The molecule has 8 heteroatoms. The Bertz CT molecular complexity index is 754. The predicted molar refractivity (Wildman–Crippen MR) is 137 cm³/mol. The number of thiophene rings is 1. The van der Waals surface area contributed by atoms with E-state index in [1.807, 2.05) is 0 Å². The topological polar surface area (TPSA) is 75.3 Å². The van der Waals surface area contributed by atoms with Crippen LogP contribution in [-0.4, -0.2) is 39.4 Å². The number of rotatable bonds is 15. The van der Waals surface area contributed by atoms with Crippen LogP contribution in [0, 0.1) is 5.92 Å². The van der Waals surface area contributed by atoms with Gasteiger partial charge in [0.25, 0.3) is 0 Å². The predicted octanol–water partition coefficient (Wildman–Crippen LogP) is 6.01. The van der Waals surface area contributed by atoms with Crippen LogP contribution in [0.5, 0.6) is 0 Å². The van der Waals surface area contributed by atoms with Crippen LogP contribution >= 0.6 is 11.3 Å². The van der Waals surface area contributed by atoms with Gasteiger partial charge in [0.2, 0.25) is 0 Å². The summed E-state index contributed by atoms with van der Waals surface area (Å²) in [5.74, 6) is 0.463. The number of carbonyl (C=O) groups is 1. The Morgan fingerprint density at radius 1 is 1.00 bits per heavy atom. The number of sulfonamides is 1. The maximum absolute atomic E-state index is 13.4. The average Bonchev–Trinajstić information content (AvgIpc) is 3.12. The van der Waals surface area contributed by atoms with Gasteiger partial charge < -0.3 is 0 Å². The molecule has 0 aromatic carbocycles. The molecule has 2 amide bonds. The minimum absolute atomic E-state index is 0.393. The molecule has 0 aliphatic heterocycles. The van der Waals surface area contributed by atoms with Crippen molar-refractivity contribution in [1.29, 1.82) is 0 Å². The van der Waals surface area contributed by atoms with Crippen LogP contribution in [-0.2, 0) is 16.4 Å². The van der Waals surface area contributed by atoms with E-state index in [2.05, 4.69) is 50.7 Å².